The molecule has 0 fully saturated rings. The van der Waals surface area contributed by atoms with E-state index >= 15 is 0 Å². The number of benzene rings is 2. The summed E-state index contributed by atoms with van der Waals surface area (Å²) >= 11 is -4.62. The van der Waals surface area contributed by atoms with Crippen LogP contribution in [-0.2, 0) is 27.6 Å². The molecule has 2 aliphatic rings. The average molecular weight is 664 g/mol. The van der Waals surface area contributed by atoms with E-state index < -0.39 is 14.8 Å². The fraction of sp³-hybridized carbons (Fsp3) is 0.448. The molecule has 0 spiro atoms. The van der Waals surface area contributed by atoms with Gasteiger partial charge in [0.05, 0.1) is 0 Å². The van der Waals surface area contributed by atoms with Crippen LogP contribution in [0.2, 0.25) is 6.04 Å². The minimum absolute atomic E-state index is 0.00327. The zero-order valence-corrected chi connectivity index (χ0v) is 27.1. The van der Waals surface area contributed by atoms with Crippen molar-refractivity contribution in [2.24, 2.45) is 0 Å². The monoisotopic (exact) mass is 664 g/mol. The molecule has 0 saturated carbocycles. The molecule has 0 N–H and O–H groups in total. The van der Waals surface area contributed by atoms with Gasteiger partial charge in [-0.15, -0.1) is 0 Å². The molecule has 2 aliphatic carbocycles. The summed E-state index contributed by atoms with van der Waals surface area (Å²) in [7, 11) is 16.6. The normalized spacial score (nSPS) is 19.8. The van der Waals surface area contributed by atoms with E-state index in [0.717, 1.165) is 25.7 Å². The number of hydrogen-bond acceptors (Lipinski definition) is 0. The summed E-state index contributed by atoms with van der Waals surface area (Å²) in [5.41, 5.74) is 11.6. The third kappa shape index (κ3) is 4.15. The molecule has 4 heteroatoms. The first kappa shape index (κ1) is 25.7. The van der Waals surface area contributed by atoms with E-state index in [0.29, 0.717) is 0 Å². The van der Waals surface area contributed by atoms with Gasteiger partial charge in [0.1, 0.15) is 0 Å². The fourth-order valence-corrected chi connectivity index (χ4v) is 56.5. The third-order valence-electron chi connectivity index (χ3n) is 7.99. The Balaban J connectivity index is 2.04. The van der Waals surface area contributed by atoms with Gasteiger partial charge in [0.25, 0.3) is 0 Å². The third-order valence-corrected chi connectivity index (χ3v) is 54.2. The predicted octanol–water partition coefficient (Wildman–Crippen LogP) is 9.38. The topological polar surface area (TPSA) is 0 Å². The maximum absolute atomic E-state index is 8.32. The predicted molar refractivity (Wildman–Crippen MR) is 148 cm³/mol. The minimum atomic E-state index is -4.62. The molecule has 0 amide bonds. The van der Waals surface area contributed by atoms with Crippen LogP contribution in [-0.4, -0.2) is 6.22 Å². The van der Waals surface area contributed by atoms with Crippen LogP contribution in [0, 0.1) is 0 Å². The second-order valence-corrected chi connectivity index (χ2v) is 59.7. The SMILES string of the molecule is CCC[SiH]=[Hf]([Cl])([Cl])([CH]1C(CC)=Cc2c(CC)cccc21)[CH]1C(CC)=Cc2c(CC)cccc21. The van der Waals surface area contributed by atoms with Crippen LogP contribution in [0.3, 0.4) is 0 Å². The Morgan fingerprint density at radius 3 is 1.52 bits per heavy atom. The van der Waals surface area contributed by atoms with Crippen LogP contribution in [0.4, 0.5) is 0 Å². The van der Waals surface area contributed by atoms with Crippen molar-refractivity contribution in [3.05, 3.63) is 80.9 Å². The van der Waals surface area contributed by atoms with E-state index in [1.807, 2.05) is 0 Å². The molecule has 4 rings (SSSR count). The van der Waals surface area contributed by atoms with Gasteiger partial charge < -0.3 is 0 Å². The Morgan fingerprint density at radius 2 is 1.15 bits per heavy atom. The molecular weight excluding hydrogens is 626 g/mol. The molecule has 0 aliphatic heterocycles. The second kappa shape index (κ2) is 9.92. The van der Waals surface area contributed by atoms with Gasteiger partial charge in [-0.05, 0) is 0 Å². The summed E-state index contributed by atoms with van der Waals surface area (Å²) in [6, 6.07) is 14.9. The molecule has 2 unspecified atom stereocenters. The Kier molecular flexibility index (Phi) is 7.72. The molecule has 0 heterocycles. The first-order valence-electron chi connectivity index (χ1n) is 12.9. The molecule has 2 atom stereocenters. The quantitative estimate of drug-likeness (QED) is 0.247. The number of hydrogen-bond donors (Lipinski definition) is 0. The van der Waals surface area contributed by atoms with Crippen LogP contribution >= 0.6 is 17.2 Å². The summed E-state index contributed by atoms with van der Waals surface area (Å²) in [6.07, 6.45) is 10.3. The molecule has 176 valence electrons. The molecule has 0 aromatic heterocycles. The number of rotatable bonds is 8. The zero-order chi connectivity index (χ0) is 23.8. The van der Waals surface area contributed by atoms with Gasteiger partial charge >= 0.3 is 211 Å². The van der Waals surface area contributed by atoms with Gasteiger partial charge in [-0.2, -0.15) is 0 Å². The first-order chi connectivity index (χ1) is 15.8. The van der Waals surface area contributed by atoms with E-state index in [1.54, 1.807) is 0 Å². The van der Waals surface area contributed by atoms with Gasteiger partial charge in [0, 0.05) is 0 Å². The van der Waals surface area contributed by atoms with Crippen molar-refractivity contribution in [2.45, 2.75) is 80.1 Å². The average Bonchev–Trinajstić information content (AvgIpc) is 3.42. The first-order valence-corrected chi connectivity index (χ1v) is 33.6. The van der Waals surface area contributed by atoms with Crippen molar-refractivity contribution < 1.29 is 14.8 Å². The van der Waals surface area contributed by atoms with Crippen molar-refractivity contribution in [3.8, 4) is 0 Å². The van der Waals surface area contributed by atoms with Gasteiger partial charge in [-0.3, -0.25) is 0 Å². The van der Waals surface area contributed by atoms with Crippen molar-refractivity contribution in [1.82, 2.24) is 0 Å². The summed E-state index contributed by atoms with van der Waals surface area (Å²) in [4.78, 5) is 0. The van der Waals surface area contributed by atoms with Crippen molar-refractivity contribution in [1.29, 1.82) is 0 Å². The summed E-state index contributed by atoms with van der Waals surface area (Å²) in [6.45, 7) is 11.4. The van der Waals surface area contributed by atoms with Gasteiger partial charge in [0.2, 0.25) is 0 Å². The molecule has 2 aromatic rings. The molecular formula is C29H38Cl2HfSi. The number of halogens is 2. The van der Waals surface area contributed by atoms with E-state index in [-0.39, 0.29) is 13.6 Å². The van der Waals surface area contributed by atoms with E-state index in [9.17, 15) is 0 Å². The van der Waals surface area contributed by atoms with Crippen LogP contribution in [0.5, 0.6) is 0 Å². The fourth-order valence-electron chi connectivity index (χ4n) is 6.41. The Hall–Kier alpha value is -0.413. The van der Waals surface area contributed by atoms with Crippen LogP contribution in [0.15, 0.2) is 47.5 Å². The summed E-state index contributed by atoms with van der Waals surface area (Å²) < 4.78 is 0.490. The molecule has 0 bridgehead atoms. The molecule has 0 nitrogen and oxygen atoms in total. The Bertz CT molecular complexity index is 1110. The number of allylic oxidation sites excluding steroid dienone is 2. The van der Waals surface area contributed by atoms with Crippen molar-refractivity contribution in [3.63, 3.8) is 0 Å². The van der Waals surface area contributed by atoms with Gasteiger partial charge in [-0.1, -0.05) is 0 Å². The summed E-state index contributed by atoms with van der Waals surface area (Å²) in [5.74, 6) is 0. The molecule has 0 saturated heterocycles. The standard InChI is InChI=1S/2C13H15.C3H8Si.2ClH.Hf/c2*1-3-10-8-12-7-5-6-11(4-2)13(12)9-10;1-2-3-4;;;/h2*5-9H,3-4H2,1-2H3;4H,2-3H2,1H3;2*1H;/q;;;;;+2/p-2. The van der Waals surface area contributed by atoms with Crippen molar-refractivity contribution in [2.75, 3.05) is 0 Å². The maximum atomic E-state index is 8.32. The number of fused-ring (bicyclic) bond motifs is 2. The molecule has 2 aromatic carbocycles. The zero-order valence-electron chi connectivity index (χ0n) is 20.8. The van der Waals surface area contributed by atoms with Crippen LogP contribution < -0.4 is 0 Å². The van der Waals surface area contributed by atoms with Crippen LogP contribution in [0.1, 0.15) is 94.6 Å². The van der Waals surface area contributed by atoms with Gasteiger partial charge in [-0.25, -0.2) is 0 Å². The number of aryl methyl sites for hydroxylation is 2. The molecule has 0 radical (unpaired) electrons. The molecule has 33 heavy (non-hydrogen) atoms. The summed E-state index contributed by atoms with van der Waals surface area (Å²) in [5, 5.41) is 0. The van der Waals surface area contributed by atoms with E-state index in [1.165, 1.54) is 57.0 Å². The second-order valence-electron chi connectivity index (χ2n) is 9.78. The van der Waals surface area contributed by atoms with Crippen LogP contribution in [0.25, 0.3) is 12.2 Å². The van der Waals surface area contributed by atoms with E-state index in [2.05, 4.69) is 83.2 Å². The van der Waals surface area contributed by atoms with Gasteiger partial charge in [0.15, 0.2) is 0 Å². The van der Waals surface area contributed by atoms with Crippen molar-refractivity contribution >= 4 is 35.5 Å². The van der Waals surface area contributed by atoms with E-state index in [4.69, 9.17) is 17.2 Å². The Morgan fingerprint density at radius 1 is 0.697 bits per heavy atom. The Labute approximate surface area is 209 Å².